The first kappa shape index (κ1) is 26.4. The van der Waals surface area contributed by atoms with Crippen LogP contribution in [0.5, 0.6) is 11.5 Å². The Balaban J connectivity index is 2.48. The third kappa shape index (κ3) is 7.07. The van der Waals surface area contributed by atoms with Gasteiger partial charge in [0.2, 0.25) is 0 Å². The summed E-state index contributed by atoms with van der Waals surface area (Å²) in [7, 11) is -11.4. The molecule has 0 saturated heterocycles. The molecule has 0 fully saturated rings. The first-order chi connectivity index (χ1) is 15.2. The van der Waals surface area contributed by atoms with E-state index in [1.165, 1.54) is 26.4 Å². The molecule has 2 rings (SSSR count). The molecule has 2 aromatic rings. The number of ether oxygens (including phenoxy) is 2. The van der Waals surface area contributed by atoms with Crippen LogP contribution in [0.15, 0.2) is 50.4 Å². The quantitative estimate of drug-likeness (QED) is 0.228. The van der Waals surface area contributed by atoms with Crippen molar-refractivity contribution < 1.29 is 48.0 Å². The average molecular weight is 526 g/mol. The Labute approximate surface area is 189 Å². The number of hydrogen-bond acceptors (Lipinski definition) is 12. The Morgan fingerprint density at radius 2 is 1.48 bits per heavy atom. The molecule has 0 aromatic heterocycles. The lowest BCUT2D eigenvalue weighted by atomic mass is 10.2. The number of nitrogens with zero attached hydrogens (tertiary/aromatic N) is 2. The van der Waals surface area contributed by atoms with E-state index in [0.717, 1.165) is 12.1 Å². The van der Waals surface area contributed by atoms with E-state index in [1.807, 2.05) is 0 Å². The largest absolute Gasteiger partial charge is 0.495 e. The minimum Gasteiger partial charge on any atom is -0.495 e. The summed E-state index contributed by atoms with van der Waals surface area (Å²) in [5.74, 6) is -0.516. The van der Waals surface area contributed by atoms with Gasteiger partial charge in [-0.05, 0) is 18.2 Å². The lowest BCUT2D eigenvalue weighted by Crippen LogP contribution is -2.16. The van der Waals surface area contributed by atoms with Crippen molar-refractivity contribution >= 4 is 47.4 Å². The molecule has 4 N–H and O–H groups in total. The summed E-state index contributed by atoms with van der Waals surface area (Å²) in [6, 6.07) is 5.30. The topological polar surface area (TPSA) is 221 Å². The molecule has 0 spiro atoms. The highest BCUT2D eigenvalue weighted by Gasteiger charge is 2.23. The van der Waals surface area contributed by atoms with Gasteiger partial charge in [-0.15, -0.1) is 10.2 Å². The van der Waals surface area contributed by atoms with Crippen LogP contribution >= 0.6 is 0 Å². The average Bonchev–Trinajstić information content (AvgIpc) is 2.70. The monoisotopic (exact) mass is 525 g/mol. The van der Waals surface area contributed by atoms with Crippen LogP contribution in [0.3, 0.4) is 0 Å². The highest BCUT2D eigenvalue weighted by molar-refractivity contribution is 7.91. The molecule has 0 radical (unpaired) electrons. The Hall–Kier alpha value is -2.83. The van der Waals surface area contributed by atoms with Crippen LogP contribution in [-0.2, 0) is 34.5 Å². The molecular weight excluding hydrogens is 506 g/mol. The number of azo groups is 1. The Kier molecular flexibility index (Phi) is 7.99. The van der Waals surface area contributed by atoms with Crippen molar-refractivity contribution in [1.29, 1.82) is 0 Å². The number of methoxy groups -OCH3 is 2. The van der Waals surface area contributed by atoms with E-state index >= 15 is 0 Å². The molecule has 0 aliphatic rings. The molecule has 0 heterocycles. The first-order valence-corrected chi connectivity index (χ1v) is 13.0. The number of sulfone groups is 1. The summed E-state index contributed by atoms with van der Waals surface area (Å²) >= 11 is 0. The van der Waals surface area contributed by atoms with E-state index in [2.05, 4.69) is 14.4 Å². The summed E-state index contributed by atoms with van der Waals surface area (Å²) in [6.07, 6.45) is 0. The van der Waals surface area contributed by atoms with E-state index in [-0.39, 0.29) is 22.9 Å². The fourth-order valence-corrected chi connectivity index (χ4v) is 4.67. The van der Waals surface area contributed by atoms with Crippen molar-refractivity contribution in [1.82, 2.24) is 0 Å². The van der Waals surface area contributed by atoms with E-state index in [0.29, 0.717) is 6.07 Å². The molecule has 14 nitrogen and oxygen atoms in total. The standard InChI is InChI=1S/C16H19N3O11S3/c1-28-14-9-13(15(29-2)8-11(14)17)19-18-12-4-3-10(7-16(12)32(22,23)24)31(20,21)6-5-30-33(25,26)27/h3-4,7-9H,5-6,17H2,1-2H3,(H,22,23,24)(H,25,26,27). The van der Waals surface area contributed by atoms with E-state index in [9.17, 15) is 29.8 Å². The third-order valence-electron chi connectivity index (χ3n) is 3.95. The number of benzene rings is 2. The van der Waals surface area contributed by atoms with Crippen molar-refractivity contribution in [2.75, 3.05) is 32.3 Å². The van der Waals surface area contributed by atoms with Crippen molar-refractivity contribution in [3.05, 3.63) is 30.3 Å². The number of nitrogen functional groups attached to an aromatic ring is 1. The Morgan fingerprint density at radius 3 is 2.03 bits per heavy atom. The van der Waals surface area contributed by atoms with E-state index in [1.54, 1.807) is 0 Å². The van der Waals surface area contributed by atoms with Crippen LogP contribution in [0.25, 0.3) is 0 Å². The normalized spacial score (nSPS) is 12.7. The molecule has 182 valence electrons. The van der Waals surface area contributed by atoms with Crippen LogP contribution in [0.4, 0.5) is 17.1 Å². The summed E-state index contributed by atoms with van der Waals surface area (Å²) in [5, 5.41) is 7.62. The maximum atomic E-state index is 12.3. The number of rotatable bonds is 10. The summed E-state index contributed by atoms with van der Waals surface area (Å²) in [4.78, 5) is -1.47. The molecule has 0 aliphatic heterocycles. The van der Waals surface area contributed by atoms with Crippen LogP contribution in [0, 0.1) is 0 Å². The maximum Gasteiger partial charge on any atom is 0.397 e. The lowest BCUT2D eigenvalue weighted by Gasteiger charge is -2.10. The third-order valence-corrected chi connectivity index (χ3v) is 6.97. The SMILES string of the molecule is COc1cc(N=Nc2ccc(S(=O)(=O)CCOS(=O)(=O)O)cc2S(=O)(=O)O)c(OC)cc1N. The van der Waals surface area contributed by atoms with E-state index < -0.39 is 58.2 Å². The molecule has 0 atom stereocenters. The Morgan fingerprint density at radius 1 is 0.879 bits per heavy atom. The Bertz CT molecular complexity index is 1390. The van der Waals surface area contributed by atoms with Gasteiger partial charge in [0.25, 0.3) is 10.1 Å². The second-order valence-electron chi connectivity index (χ2n) is 6.14. The van der Waals surface area contributed by atoms with Crippen molar-refractivity contribution in [2.45, 2.75) is 9.79 Å². The zero-order valence-corrected chi connectivity index (χ0v) is 19.5. The minimum atomic E-state index is -4.96. The number of anilines is 1. The molecule has 17 heteroatoms. The highest BCUT2D eigenvalue weighted by Crippen LogP contribution is 2.38. The molecule has 2 aromatic carbocycles. The predicted molar refractivity (Wildman–Crippen MR) is 114 cm³/mol. The van der Waals surface area contributed by atoms with Crippen LogP contribution in [0.1, 0.15) is 0 Å². The van der Waals surface area contributed by atoms with Gasteiger partial charge in [0.05, 0.1) is 37.2 Å². The van der Waals surface area contributed by atoms with Gasteiger partial charge in [-0.25, -0.2) is 12.6 Å². The zero-order chi connectivity index (χ0) is 25.0. The number of hydrogen-bond donors (Lipinski definition) is 3. The van der Waals surface area contributed by atoms with Gasteiger partial charge in [0.15, 0.2) is 9.84 Å². The van der Waals surface area contributed by atoms with Gasteiger partial charge in [-0.3, -0.25) is 9.11 Å². The summed E-state index contributed by atoms with van der Waals surface area (Å²) < 4.78 is 102. The van der Waals surface area contributed by atoms with Crippen LogP contribution in [-0.4, -0.2) is 60.9 Å². The summed E-state index contributed by atoms with van der Waals surface area (Å²) in [5.41, 5.74) is 5.69. The molecule has 0 aliphatic carbocycles. The lowest BCUT2D eigenvalue weighted by molar-refractivity contribution is 0.284. The van der Waals surface area contributed by atoms with Gasteiger partial charge in [-0.1, -0.05) is 0 Å². The van der Waals surface area contributed by atoms with Crippen LogP contribution < -0.4 is 15.2 Å². The zero-order valence-electron chi connectivity index (χ0n) is 17.1. The summed E-state index contributed by atoms with van der Waals surface area (Å²) in [6.45, 7) is -0.928. The predicted octanol–water partition coefficient (Wildman–Crippen LogP) is 1.54. The van der Waals surface area contributed by atoms with Crippen LogP contribution in [0.2, 0.25) is 0 Å². The smallest absolute Gasteiger partial charge is 0.397 e. The molecule has 0 saturated carbocycles. The fraction of sp³-hybridized carbons (Fsp3) is 0.250. The minimum absolute atomic E-state index is 0.0869. The van der Waals surface area contributed by atoms with E-state index in [4.69, 9.17) is 19.8 Å². The molecule has 0 amide bonds. The maximum absolute atomic E-state index is 12.3. The van der Waals surface area contributed by atoms with Crippen molar-refractivity contribution in [3.63, 3.8) is 0 Å². The molecule has 33 heavy (non-hydrogen) atoms. The highest BCUT2D eigenvalue weighted by atomic mass is 32.3. The first-order valence-electron chi connectivity index (χ1n) is 8.57. The molecule has 0 bridgehead atoms. The second kappa shape index (κ2) is 9.98. The van der Waals surface area contributed by atoms with Gasteiger partial charge < -0.3 is 15.2 Å². The fourth-order valence-electron chi connectivity index (χ4n) is 2.44. The molecular formula is C16H19N3O11S3. The van der Waals surface area contributed by atoms with Gasteiger partial charge in [0.1, 0.15) is 27.8 Å². The van der Waals surface area contributed by atoms with Gasteiger partial charge >= 0.3 is 10.4 Å². The number of nitrogens with two attached hydrogens (primary N) is 1. The van der Waals surface area contributed by atoms with Gasteiger partial charge in [-0.2, -0.15) is 16.8 Å². The second-order valence-corrected chi connectivity index (χ2v) is 10.7. The van der Waals surface area contributed by atoms with Gasteiger partial charge in [0, 0.05) is 12.1 Å². The molecule has 0 unspecified atom stereocenters. The van der Waals surface area contributed by atoms with Crippen molar-refractivity contribution in [2.24, 2.45) is 10.2 Å². The van der Waals surface area contributed by atoms with Crippen molar-refractivity contribution in [3.8, 4) is 11.5 Å².